The Morgan fingerprint density at radius 3 is 2.75 bits per heavy atom. The SMILES string of the molecule is C=CCN1C(=O)[C@@H](CC(=O)O)SC1=Nc1ccccc1. The summed E-state index contributed by atoms with van der Waals surface area (Å²) in [5.74, 6) is -1.22. The third-order valence-electron chi connectivity index (χ3n) is 2.67. The van der Waals surface area contributed by atoms with E-state index in [1.54, 1.807) is 6.08 Å². The van der Waals surface area contributed by atoms with Gasteiger partial charge in [-0.15, -0.1) is 6.58 Å². The van der Waals surface area contributed by atoms with Crippen molar-refractivity contribution in [3.63, 3.8) is 0 Å². The number of carboxylic acid groups (broad SMARTS) is 1. The fraction of sp³-hybridized carbons (Fsp3) is 0.214. The van der Waals surface area contributed by atoms with Gasteiger partial charge in [0, 0.05) is 6.54 Å². The average Bonchev–Trinajstić information content (AvgIpc) is 2.68. The van der Waals surface area contributed by atoms with Crippen molar-refractivity contribution in [2.45, 2.75) is 11.7 Å². The lowest BCUT2D eigenvalue weighted by atomic mass is 10.2. The monoisotopic (exact) mass is 290 g/mol. The molecule has 1 aromatic carbocycles. The first-order valence-electron chi connectivity index (χ1n) is 6.06. The van der Waals surface area contributed by atoms with Gasteiger partial charge in [-0.2, -0.15) is 0 Å². The number of carbonyl (C=O) groups is 2. The van der Waals surface area contributed by atoms with Crippen molar-refractivity contribution in [3.8, 4) is 0 Å². The Morgan fingerprint density at radius 1 is 1.45 bits per heavy atom. The topological polar surface area (TPSA) is 70.0 Å². The highest BCUT2D eigenvalue weighted by atomic mass is 32.2. The summed E-state index contributed by atoms with van der Waals surface area (Å²) in [4.78, 5) is 28.8. The molecular weight excluding hydrogens is 276 g/mol. The molecule has 0 unspecified atom stereocenters. The predicted octanol–water partition coefficient (Wildman–Crippen LogP) is 2.28. The molecule has 104 valence electrons. The summed E-state index contributed by atoms with van der Waals surface area (Å²) in [6.45, 7) is 3.94. The summed E-state index contributed by atoms with van der Waals surface area (Å²) < 4.78 is 0. The quantitative estimate of drug-likeness (QED) is 0.845. The maximum Gasteiger partial charge on any atom is 0.305 e. The van der Waals surface area contributed by atoms with Crippen LogP contribution in [0, 0.1) is 0 Å². The van der Waals surface area contributed by atoms with Crippen molar-refractivity contribution < 1.29 is 14.7 Å². The van der Waals surface area contributed by atoms with Crippen molar-refractivity contribution >= 4 is 34.5 Å². The number of aliphatic imine (C=N–C) groups is 1. The molecule has 1 heterocycles. The fourth-order valence-electron chi connectivity index (χ4n) is 1.79. The number of amides is 1. The van der Waals surface area contributed by atoms with Crippen LogP contribution >= 0.6 is 11.8 Å². The van der Waals surface area contributed by atoms with Gasteiger partial charge >= 0.3 is 5.97 Å². The first-order valence-corrected chi connectivity index (χ1v) is 6.94. The molecular formula is C14H14N2O3S. The van der Waals surface area contributed by atoms with Crippen molar-refractivity contribution in [1.82, 2.24) is 4.90 Å². The van der Waals surface area contributed by atoms with Gasteiger partial charge in [-0.3, -0.25) is 14.5 Å². The highest BCUT2D eigenvalue weighted by Crippen LogP contribution is 2.31. The fourth-order valence-corrected chi connectivity index (χ4v) is 2.95. The Balaban J connectivity index is 2.26. The Bertz CT molecular complexity index is 557. The normalized spacial score (nSPS) is 20.4. The molecule has 1 aliphatic rings. The van der Waals surface area contributed by atoms with Gasteiger partial charge in [-0.1, -0.05) is 36.0 Å². The molecule has 1 N–H and O–H groups in total. The summed E-state index contributed by atoms with van der Waals surface area (Å²) in [7, 11) is 0. The van der Waals surface area contributed by atoms with E-state index in [9.17, 15) is 9.59 Å². The van der Waals surface area contributed by atoms with E-state index in [-0.39, 0.29) is 12.3 Å². The average molecular weight is 290 g/mol. The number of benzene rings is 1. The van der Waals surface area contributed by atoms with Crippen molar-refractivity contribution in [2.24, 2.45) is 4.99 Å². The van der Waals surface area contributed by atoms with E-state index in [2.05, 4.69) is 11.6 Å². The summed E-state index contributed by atoms with van der Waals surface area (Å²) in [5, 5.41) is 8.74. The molecule has 5 nitrogen and oxygen atoms in total. The number of nitrogens with zero attached hydrogens (tertiary/aromatic N) is 2. The number of carbonyl (C=O) groups excluding carboxylic acids is 1. The van der Waals surface area contributed by atoms with Gasteiger partial charge in [0.05, 0.1) is 12.1 Å². The van der Waals surface area contributed by atoms with Crippen LogP contribution in [-0.4, -0.2) is 38.8 Å². The van der Waals surface area contributed by atoms with Crippen LogP contribution in [0.15, 0.2) is 48.0 Å². The van der Waals surface area contributed by atoms with Crippen LogP contribution in [-0.2, 0) is 9.59 Å². The van der Waals surface area contributed by atoms with Gasteiger partial charge in [-0.05, 0) is 12.1 Å². The number of para-hydroxylation sites is 1. The molecule has 20 heavy (non-hydrogen) atoms. The van der Waals surface area contributed by atoms with Crippen LogP contribution in [0.5, 0.6) is 0 Å². The number of thioether (sulfide) groups is 1. The second-order valence-corrected chi connectivity index (χ2v) is 5.34. The summed E-state index contributed by atoms with van der Waals surface area (Å²) >= 11 is 1.19. The lowest BCUT2D eigenvalue weighted by Crippen LogP contribution is -2.32. The minimum absolute atomic E-state index is 0.203. The zero-order chi connectivity index (χ0) is 14.5. The first-order chi connectivity index (χ1) is 9.61. The minimum Gasteiger partial charge on any atom is -0.481 e. The molecule has 1 aromatic rings. The van der Waals surface area contributed by atoms with Crippen LogP contribution in [0.2, 0.25) is 0 Å². The third kappa shape index (κ3) is 3.27. The summed E-state index contributed by atoms with van der Waals surface area (Å²) in [5.41, 5.74) is 0.729. The lowest BCUT2D eigenvalue weighted by Gasteiger charge is -2.13. The number of rotatable bonds is 5. The molecule has 0 saturated carbocycles. The van der Waals surface area contributed by atoms with E-state index in [1.807, 2.05) is 30.3 Å². The van der Waals surface area contributed by atoms with E-state index >= 15 is 0 Å². The smallest absolute Gasteiger partial charge is 0.305 e. The van der Waals surface area contributed by atoms with E-state index in [0.717, 1.165) is 5.69 Å². The van der Waals surface area contributed by atoms with Crippen molar-refractivity contribution in [1.29, 1.82) is 0 Å². The zero-order valence-corrected chi connectivity index (χ0v) is 11.5. The van der Waals surface area contributed by atoms with Gasteiger partial charge < -0.3 is 5.11 Å². The van der Waals surface area contributed by atoms with Crippen LogP contribution in [0.4, 0.5) is 5.69 Å². The van der Waals surface area contributed by atoms with Crippen LogP contribution in [0.25, 0.3) is 0 Å². The molecule has 1 amide bonds. The molecule has 0 aliphatic carbocycles. The Labute approximate surface area is 121 Å². The van der Waals surface area contributed by atoms with E-state index in [1.165, 1.54) is 16.7 Å². The number of hydrogen-bond donors (Lipinski definition) is 1. The largest absolute Gasteiger partial charge is 0.481 e. The Kier molecular flexibility index (Phi) is 4.57. The maximum absolute atomic E-state index is 12.1. The zero-order valence-electron chi connectivity index (χ0n) is 10.7. The molecule has 2 rings (SSSR count). The van der Waals surface area contributed by atoms with Crippen LogP contribution < -0.4 is 0 Å². The molecule has 0 bridgehead atoms. The molecule has 1 atom stereocenters. The lowest BCUT2D eigenvalue weighted by molar-refractivity contribution is -0.139. The second kappa shape index (κ2) is 6.38. The highest BCUT2D eigenvalue weighted by Gasteiger charge is 2.38. The first kappa shape index (κ1) is 14.3. The molecule has 6 heteroatoms. The molecule has 1 saturated heterocycles. The van der Waals surface area contributed by atoms with E-state index < -0.39 is 11.2 Å². The van der Waals surface area contributed by atoms with E-state index in [0.29, 0.717) is 11.7 Å². The van der Waals surface area contributed by atoms with Gasteiger partial charge in [0.1, 0.15) is 5.25 Å². The van der Waals surface area contributed by atoms with Crippen LogP contribution in [0.1, 0.15) is 6.42 Å². The van der Waals surface area contributed by atoms with Gasteiger partial charge in [0.2, 0.25) is 5.91 Å². The third-order valence-corrected chi connectivity index (χ3v) is 3.85. The van der Waals surface area contributed by atoms with Crippen molar-refractivity contribution in [3.05, 3.63) is 43.0 Å². The number of aliphatic carboxylic acids is 1. The molecule has 1 fully saturated rings. The predicted molar refractivity (Wildman–Crippen MR) is 79.1 cm³/mol. The minimum atomic E-state index is -0.990. The molecule has 0 radical (unpaired) electrons. The number of amidine groups is 1. The second-order valence-electron chi connectivity index (χ2n) is 4.17. The molecule has 1 aliphatic heterocycles. The summed E-state index contributed by atoms with van der Waals surface area (Å²) in [6, 6.07) is 9.25. The van der Waals surface area contributed by atoms with Gasteiger partial charge in [0.15, 0.2) is 5.17 Å². The maximum atomic E-state index is 12.1. The molecule has 0 spiro atoms. The van der Waals surface area contributed by atoms with Crippen molar-refractivity contribution in [2.75, 3.05) is 6.54 Å². The van der Waals surface area contributed by atoms with E-state index in [4.69, 9.17) is 5.11 Å². The number of hydrogen-bond acceptors (Lipinski definition) is 4. The van der Waals surface area contributed by atoms with Gasteiger partial charge in [-0.25, -0.2) is 4.99 Å². The Morgan fingerprint density at radius 2 is 2.15 bits per heavy atom. The van der Waals surface area contributed by atoms with Gasteiger partial charge in [0.25, 0.3) is 0 Å². The highest BCUT2D eigenvalue weighted by molar-refractivity contribution is 8.15. The number of carboxylic acids is 1. The Hall–Kier alpha value is -2.08. The molecule has 0 aromatic heterocycles. The standard InChI is InChI=1S/C14H14N2O3S/c1-2-8-16-13(19)11(9-12(17)18)20-14(16)15-10-6-4-3-5-7-10/h2-7,11H,1,8-9H2,(H,17,18)/t11-/m1/s1. The van der Waals surface area contributed by atoms with Crippen LogP contribution in [0.3, 0.4) is 0 Å². The summed E-state index contributed by atoms with van der Waals surface area (Å²) in [6.07, 6.45) is 1.40.